The van der Waals surface area contributed by atoms with Gasteiger partial charge >= 0.3 is 116 Å². The molecule has 0 aliphatic heterocycles. The van der Waals surface area contributed by atoms with Gasteiger partial charge in [-0.1, -0.05) is 0 Å². The first kappa shape index (κ1) is 22.7. The summed E-state index contributed by atoms with van der Waals surface area (Å²) in [7, 11) is 0. The van der Waals surface area contributed by atoms with E-state index in [1.54, 1.807) is 0 Å². The minimum atomic E-state index is 0. The summed E-state index contributed by atoms with van der Waals surface area (Å²) in [5.74, 6) is 0. The Morgan fingerprint density at radius 2 is 1.33 bits per heavy atom. The molecule has 0 radical (unpaired) electrons. The third-order valence-corrected chi connectivity index (χ3v) is 0. The fourth-order valence-electron chi connectivity index (χ4n) is 0. The van der Waals surface area contributed by atoms with Gasteiger partial charge in [0.15, 0.2) is 0 Å². The van der Waals surface area contributed by atoms with Crippen LogP contribution in [-0.2, 0) is 0 Å². The van der Waals surface area contributed by atoms with E-state index in [0.29, 0.717) is 0 Å². The summed E-state index contributed by atoms with van der Waals surface area (Å²) < 4.78 is 0. The number of hydrogen-bond acceptors (Lipinski definition) is 2. The van der Waals surface area contributed by atoms with Gasteiger partial charge in [-0.2, -0.15) is 0 Å². The van der Waals surface area contributed by atoms with Gasteiger partial charge in [-0.3, -0.25) is 0 Å². The van der Waals surface area contributed by atoms with Crippen molar-refractivity contribution in [1.29, 1.82) is 0 Å². The standard InChI is InChI=1S/C2H4O.H2O.2Rb/c1-2-3;;;/h2H,1H3;1H2;;/q-2;;2*+1/p-1. The van der Waals surface area contributed by atoms with E-state index in [1.165, 1.54) is 6.92 Å². The zero-order valence-corrected chi connectivity index (χ0v) is 14.3. The van der Waals surface area contributed by atoms with E-state index in [2.05, 4.69) is 0 Å². The zero-order valence-electron chi connectivity index (χ0n) is 4.43. The van der Waals surface area contributed by atoms with E-state index < -0.39 is 0 Å². The Balaban J connectivity index is -0.00000000667. The van der Waals surface area contributed by atoms with E-state index in [0.717, 1.165) is 6.61 Å². The van der Waals surface area contributed by atoms with Gasteiger partial charge in [-0.25, -0.2) is 6.92 Å². The molecular formula is C2H5O2Rb2-. The van der Waals surface area contributed by atoms with Crippen LogP contribution >= 0.6 is 0 Å². The van der Waals surface area contributed by atoms with Crippen molar-refractivity contribution in [2.75, 3.05) is 0 Å². The van der Waals surface area contributed by atoms with Crippen molar-refractivity contribution in [3.63, 3.8) is 0 Å². The average Bonchev–Trinajstić information content (AvgIpc) is 0.918. The maximum Gasteiger partial charge on any atom is 1.00 e. The summed E-state index contributed by atoms with van der Waals surface area (Å²) in [6.07, 6.45) is 0. The third-order valence-electron chi connectivity index (χ3n) is 0. The molecule has 0 aromatic rings. The molecule has 28 valence electrons. The summed E-state index contributed by atoms with van der Waals surface area (Å²) in [6.45, 7) is 2.19. The molecule has 6 heavy (non-hydrogen) atoms. The van der Waals surface area contributed by atoms with Crippen LogP contribution in [0.4, 0.5) is 0 Å². The molecular weight excluding hydrogens is 227 g/mol. The summed E-state index contributed by atoms with van der Waals surface area (Å²) >= 11 is 0. The van der Waals surface area contributed by atoms with Crippen molar-refractivity contribution in [3.05, 3.63) is 6.61 Å². The predicted molar refractivity (Wildman–Crippen MR) is 11.9 cm³/mol. The van der Waals surface area contributed by atoms with Crippen LogP contribution in [0.3, 0.4) is 0 Å². The molecule has 0 aromatic carbocycles. The SMILES string of the molecule is C[CH-][O-].[OH-].[Rb+].[Rb+]. The molecule has 0 aliphatic rings. The van der Waals surface area contributed by atoms with Crippen LogP contribution in [-0.4, -0.2) is 5.48 Å². The molecule has 0 spiro atoms. The van der Waals surface area contributed by atoms with Crippen molar-refractivity contribution in [3.8, 4) is 0 Å². The van der Waals surface area contributed by atoms with Gasteiger partial charge < -0.3 is 17.2 Å². The second kappa shape index (κ2) is 23.6. The van der Waals surface area contributed by atoms with Crippen molar-refractivity contribution >= 4 is 0 Å². The van der Waals surface area contributed by atoms with E-state index in [-0.39, 0.29) is 122 Å². The molecule has 2 nitrogen and oxygen atoms in total. The molecule has 0 rings (SSSR count). The summed E-state index contributed by atoms with van der Waals surface area (Å²) in [5.41, 5.74) is 0. The average molecular weight is 232 g/mol. The van der Waals surface area contributed by atoms with E-state index in [1.807, 2.05) is 0 Å². The Morgan fingerprint density at radius 3 is 1.33 bits per heavy atom. The van der Waals surface area contributed by atoms with Crippen molar-refractivity contribution < 1.29 is 127 Å². The minimum Gasteiger partial charge on any atom is -1.03 e. The maximum atomic E-state index is 8.81. The Bertz CT molecular complexity index is 9.51. The van der Waals surface area contributed by atoms with Crippen LogP contribution in [0.25, 0.3) is 0 Å². The summed E-state index contributed by atoms with van der Waals surface area (Å²) in [6, 6.07) is 0. The first-order valence-corrected chi connectivity index (χ1v) is 0.813. The van der Waals surface area contributed by atoms with Crippen LogP contribution in [0.2, 0.25) is 0 Å². The normalized spacial score (nSPS) is 3.00. The van der Waals surface area contributed by atoms with Crippen LogP contribution in [0.5, 0.6) is 0 Å². The van der Waals surface area contributed by atoms with Gasteiger partial charge in [0, 0.05) is 0 Å². The van der Waals surface area contributed by atoms with Crippen LogP contribution in [0, 0.1) is 6.61 Å². The topological polar surface area (TPSA) is 53.1 Å². The number of rotatable bonds is 0. The molecule has 0 bridgehead atoms. The van der Waals surface area contributed by atoms with Gasteiger partial charge in [0.1, 0.15) is 0 Å². The van der Waals surface area contributed by atoms with Crippen LogP contribution in [0.1, 0.15) is 6.92 Å². The van der Waals surface area contributed by atoms with Crippen LogP contribution in [0.15, 0.2) is 0 Å². The largest absolute Gasteiger partial charge is 1.03 e. The van der Waals surface area contributed by atoms with E-state index >= 15 is 0 Å². The zero-order chi connectivity index (χ0) is 2.71. The van der Waals surface area contributed by atoms with Crippen molar-refractivity contribution in [2.24, 2.45) is 0 Å². The van der Waals surface area contributed by atoms with Gasteiger partial charge in [0.25, 0.3) is 0 Å². The third kappa shape index (κ3) is 25.8. The minimum absolute atomic E-state index is 0. The Labute approximate surface area is 136 Å². The summed E-state index contributed by atoms with van der Waals surface area (Å²) in [4.78, 5) is 0. The van der Waals surface area contributed by atoms with Crippen LogP contribution < -0.4 is 121 Å². The predicted octanol–water partition coefficient (Wildman–Crippen LogP) is -6.64. The molecule has 1 N–H and O–H groups in total. The molecule has 0 saturated heterocycles. The first-order chi connectivity index (χ1) is 1.41. The summed E-state index contributed by atoms with van der Waals surface area (Å²) in [5, 5.41) is 8.81. The number of hydrogen-bond donors (Lipinski definition) is 0. The second-order valence-corrected chi connectivity index (χ2v) is 0.236. The quantitative estimate of drug-likeness (QED) is 0.390. The van der Waals surface area contributed by atoms with Gasteiger partial charge in [0.2, 0.25) is 0 Å². The molecule has 0 heterocycles. The molecule has 0 aromatic heterocycles. The molecule has 0 unspecified atom stereocenters. The molecule has 4 heteroatoms. The Hall–Kier alpha value is 3.53. The molecule has 0 amide bonds. The van der Waals surface area contributed by atoms with Gasteiger partial charge in [-0.05, 0) is 0 Å². The first-order valence-electron chi connectivity index (χ1n) is 0.813. The Morgan fingerprint density at radius 1 is 1.33 bits per heavy atom. The maximum absolute atomic E-state index is 8.81. The van der Waals surface area contributed by atoms with Crippen molar-refractivity contribution in [1.82, 2.24) is 0 Å². The molecule has 0 aliphatic carbocycles. The van der Waals surface area contributed by atoms with Gasteiger partial charge in [-0.15, -0.1) is 0 Å². The fraction of sp³-hybridized carbons (Fsp3) is 0.500. The van der Waals surface area contributed by atoms with Crippen molar-refractivity contribution in [2.45, 2.75) is 6.92 Å². The molecule has 0 fully saturated rings. The monoisotopic (exact) mass is 231 g/mol. The van der Waals surface area contributed by atoms with E-state index in [4.69, 9.17) is 5.11 Å². The second-order valence-electron chi connectivity index (χ2n) is 0.236. The fourth-order valence-corrected chi connectivity index (χ4v) is 0. The van der Waals surface area contributed by atoms with Gasteiger partial charge in [0.05, 0.1) is 0 Å². The molecule has 0 atom stereocenters. The smallest absolute Gasteiger partial charge is 1.00 e. The van der Waals surface area contributed by atoms with E-state index in [9.17, 15) is 0 Å². The molecule has 0 saturated carbocycles. The Kier molecular flexibility index (Phi) is 89.1.